The van der Waals surface area contributed by atoms with Crippen molar-refractivity contribution in [2.45, 2.75) is 6.54 Å². The molecule has 0 spiro atoms. The molecule has 2 aromatic carbocycles. The van der Waals surface area contributed by atoms with Crippen LogP contribution in [-0.4, -0.2) is 15.3 Å². The minimum Gasteiger partial charge on any atom is -0.299 e. The Bertz CT molecular complexity index is 1030. The first-order chi connectivity index (χ1) is 11.7. The smallest absolute Gasteiger partial charge is 0.163 e. The number of hydrogen-bond acceptors (Lipinski definition) is 3. The summed E-state index contributed by atoms with van der Waals surface area (Å²) in [5.74, 6) is 0. The fourth-order valence-corrected chi connectivity index (χ4v) is 3.25. The summed E-state index contributed by atoms with van der Waals surface area (Å²) in [6.45, 7) is 0.343. The van der Waals surface area contributed by atoms with Crippen LogP contribution in [0, 0.1) is 11.3 Å². The normalized spacial score (nSPS) is 12.6. The maximum Gasteiger partial charge on any atom is 0.163 e. The van der Waals surface area contributed by atoms with Crippen LogP contribution in [0.3, 0.4) is 0 Å². The SMILES string of the molecule is N#Cc1ncn2c1CN=C(c1ccccc1Cl)c1cc(Cl)ccc1-2. The number of fused-ring (bicyclic) bond motifs is 3. The third-order valence-corrected chi connectivity index (χ3v) is 4.53. The highest BCUT2D eigenvalue weighted by Crippen LogP contribution is 2.30. The van der Waals surface area contributed by atoms with Gasteiger partial charge in [-0.1, -0.05) is 41.4 Å². The summed E-state index contributed by atoms with van der Waals surface area (Å²) in [6.07, 6.45) is 1.64. The second kappa shape index (κ2) is 5.79. The Kier molecular flexibility index (Phi) is 3.61. The van der Waals surface area contributed by atoms with Gasteiger partial charge in [0.15, 0.2) is 5.69 Å². The molecule has 0 aliphatic carbocycles. The van der Waals surface area contributed by atoms with E-state index in [0.717, 1.165) is 28.2 Å². The van der Waals surface area contributed by atoms with Crippen LogP contribution in [0.2, 0.25) is 10.0 Å². The van der Waals surface area contributed by atoms with Crippen LogP contribution in [0.5, 0.6) is 0 Å². The molecule has 3 aromatic rings. The molecule has 6 heteroatoms. The van der Waals surface area contributed by atoms with Crippen LogP contribution in [-0.2, 0) is 6.54 Å². The average molecular weight is 353 g/mol. The predicted molar refractivity (Wildman–Crippen MR) is 94.1 cm³/mol. The maximum atomic E-state index is 9.28. The zero-order valence-electron chi connectivity index (χ0n) is 12.4. The Hall–Kier alpha value is -2.61. The van der Waals surface area contributed by atoms with Gasteiger partial charge in [-0.3, -0.25) is 9.56 Å². The molecule has 0 N–H and O–H groups in total. The number of nitrogens with zero attached hydrogens (tertiary/aromatic N) is 4. The number of nitriles is 1. The minimum absolute atomic E-state index is 0.343. The van der Waals surface area contributed by atoms with Gasteiger partial charge in [-0.2, -0.15) is 5.26 Å². The van der Waals surface area contributed by atoms with Crippen LogP contribution < -0.4 is 0 Å². The third kappa shape index (κ3) is 2.30. The van der Waals surface area contributed by atoms with Gasteiger partial charge in [0, 0.05) is 21.2 Å². The van der Waals surface area contributed by atoms with Crippen molar-refractivity contribution in [2.75, 3.05) is 0 Å². The van der Waals surface area contributed by atoms with Crippen LogP contribution in [0.15, 0.2) is 53.8 Å². The van der Waals surface area contributed by atoms with Crippen LogP contribution >= 0.6 is 23.2 Å². The van der Waals surface area contributed by atoms with E-state index in [2.05, 4.69) is 11.1 Å². The summed E-state index contributed by atoms with van der Waals surface area (Å²) in [7, 11) is 0. The van der Waals surface area contributed by atoms with Gasteiger partial charge in [-0.25, -0.2) is 4.98 Å². The fraction of sp³-hybridized carbons (Fsp3) is 0.0556. The van der Waals surface area contributed by atoms with Gasteiger partial charge in [-0.05, 0) is 24.3 Å². The molecule has 0 bridgehead atoms. The Balaban J connectivity index is 2.03. The lowest BCUT2D eigenvalue weighted by Gasteiger charge is -2.13. The van der Waals surface area contributed by atoms with Crippen molar-refractivity contribution in [3.8, 4) is 11.8 Å². The molecule has 0 saturated heterocycles. The minimum atomic E-state index is 0.343. The van der Waals surface area contributed by atoms with E-state index in [1.54, 1.807) is 6.33 Å². The van der Waals surface area contributed by atoms with Gasteiger partial charge in [-0.15, -0.1) is 0 Å². The van der Waals surface area contributed by atoms with E-state index in [9.17, 15) is 5.26 Å². The van der Waals surface area contributed by atoms with Crippen molar-refractivity contribution in [3.05, 3.63) is 81.4 Å². The van der Waals surface area contributed by atoms with Gasteiger partial charge >= 0.3 is 0 Å². The first-order valence-corrected chi connectivity index (χ1v) is 8.00. The second-order valence-corrected chi connectivity index (χ2v) is 6.17. The zero-order valence-corrected chi connectivity index (χ0v) is 13.9. The Labute approximate surface area is 148 Å². The first-order valence-electron chi connectivity index (χ1n) is 7.25. The van der Waals surface area contributed by atoms with Gasteiger partial charge < -0.3 is 0 Å². The molecule has 2 heterocycles. The molecule has 0 atom stereocenters. The van der Waals surface area contributed by atoms with E-state index in [-0.39, 0.29) is 0 Å². The predicted octanol–water partition coefficient (Wildman–Crippen LogP) is 4.40. The summed E-state index contributed by atoms with van der Waals surface area (Å²) in [6, 6.07) is 15.2. The molecular weight excluding hydrogens is 343 g/mol. The Morgan fingerprint density at radius 3 is 2.71 bits per heavy atom. The van der Waals surface area contributed by atoms with Crippen LogP contribution in [0.25, 0.3) is 5.69 Å². The van der Waals surface area contributed by atoms with Gasteiger partial charge in [0.1, 0.15) is 12.4 Å². The van der Waals surface area contributed by atoms with Gasteiger partial charge in [0.05, 0.1) is 23.6 Å². The molecule has 0 unspecified atom stereocenters. The van der Waals surface area contributed by atoms with E-state index >= 15 is 0 Å². The number of imidazole rings is 1. The van der Waals surface area contributed by atoms with Crippen molar-refractivity contribution in [1.29, 1.82) is 5.26 Å². The lowest BCUT2D eigenvalue weighted by Crippen LogP contribution is -2.07. The molecule has 0 radical (unpaired) electrons. The van der Waals surface area contributed by atoms with Crippen LogP contribution in [0.4, 0.5) is 0 Å². The van der Waals surface area contributed by atoms with Crippen LogP contribution in [0.1, 0.15) is 22.5 Å². The van der Waals surface area contributed by atoms with E-state index in [0.29, 0.717) is 22.3 Å². The summed E-state index contributed by atoms with van der Waals surface area (Å²) >= 11 is 12.6. The van der Waals surface area contributed by atoms with Crippen molar-refractivity contribution < 1.29 is 0 Å². The molecule has 4 nitrogen and oxygen atoms in total. The topological polar surface area (TPSA) is 54.0 Å². The number of benzene rings is 2. The monoisotopic (exact) mass is 352 g/mol. The molecule has 0 fully saturated rings. The number of rotatable bonds is 1. The molecule has 4 rings (SSSR count). The lowest BCUT2D eigenvalue weighted by atomic mass is 10.0. The molecular formula is C18H10Cl2N4. The Morgan fingerprint density at radius 1 is 1.08 bits per heavy atom. The molecule has 0 saturated carbocycles. The molecule has 1 aromatic heterocycles. The Morgan fingerprint density at radius 2 is 1.92 bits per heavy atom. The average Bonchev–Trinajstić information content (AvgIpc) is 2.92. The highest BCUT2D eigenvalue weighted by Gasteiger charge is 2.22. The maximum absolute atomic E-state index is 9.28. The summed E-state index contributed by atoms with van der Waals surface area (Å²) in [5.41, 5.74) is 4.45. The largest absolute Gasteiger partial charge is 0.299 e. The van der Waals surface area contributed by atoms with Gasteiger partial charge in [0.2, 0.25) is 0 Å². The van der Waals surface area contributed by atoms with Crippen molar-refractivity contribution in [2.24, 2.45) is 4.99 Å². The number of aromatic nitrogens is 2. The summed E-state index contributed by atoms with van der Waals surface area (Å²) in [5, 5.41) is 10.5. The number of halogens is 2. The number of hydrogen-bond donors (Lipinski definition) is 0. The van der Waals surface area contributed by atoms with E-state index < -0.39 is 0 Å². The third-order valence-electron chi connectivity index (χ3n) is 3.96. The highest BCUT2D eigenvalue weighted by molar-refractivity contribution is 6.36. The fourth-order valence-electron chi connectivity index (χ4n) is 2.86. The van der Waals surface area contributed by atoms with E-state index in [4.69, 9.17) is 28.2 Å². The van der Waals surface area contributed by atoms with E-state index in [1.165, 1.54) is 0 Å². The van der Waals surface area contributed by atoms with Crippen molar-refractivity contribution >= 4 is 28.9 Å². The highest BCUT2D eigenvalue weighted by atomic mass is 35.5. The summed E-state index contributed by atoms with van der Waals surface area (Å²) in [4.78, 5) is 8.89. The summed E-state index contributed by atoms with van der Waals surface area (Å²) < 4.78 is 1.89. The molecule has 24 heavy (non-hydrogen) atoms. The molecule has 0 amide bonds. The zero-order chi connectivity index (χ0) is 16.7. The lowest BCUT2D eigenvalue weighted by molar-refractivity contribution is 0.920. The molecule has 1 aliphatic heterocycles. The van der Waals surface area contributed by atoms with Gasteiger partial charge in [0.25, 0.3) is 0 Å². The van der Waals surface area contributed by atoms with E-state index in [1.807, 2.05) is 47.0 Å². The standard InChI is InChI=1S/C18H10Cl2N4/c19-11-5-6-16-13(7-11)18(12-3-1-2-4-14(12)20)22-9-17-15(8-21)23-10-24(16)17/h1-7,10H,9H2. The second-order valence-electron chi connectivity index (χ2n) is 5.33. The van der Waals surface area contributed by atoms with Crippen molar-refractivity contribution in [3.63, 3.8) is 0 Å². The molecule has 1 aliphatic rings. The quantitative estimate of drug-likeness (QED) is 0.651. The van der Waals surface area contributed by atoms with Crippen molar-refractivity contribution in [1.82, 2.24) is 9.55 Å². The first kappa shape index (κ1) is 14.9. The number of aliphatic imine (C=N–C) groups is 1. The molecule has 116 valence electrons.